The molecule has 134 valence electrons. The average molecular weight is 352 g/mol. The summed E-state index contributed by atoms with van der Waals surface area (Å²) < 4.78 is 5.35. The summed E-state index contributed by atoms with van der Waals surface area (Å²) in [7, 11) is 0. The van der Waals surface area contributed by atoms with Gasteiger partial charge in [-0.25, -0.2) is 4.98 Å². The summed E-state index contributed by atoms with van der Waals surface area (Å²) in [6.07, 6.45) is 6.96. The number of fused-ring (bicyclic) bond motifs is 1. The molecule has 1 aromatic rings. The number of nitrogens with one attached hydrogen (secondary N) is 1. The van der Waals surface area contributed by atoms with E-state index >= 15 is 0 Å². The minimum Gasteiger partial charge on any atom is -0.379 e. The van der Waals surface area contributed by atoms with Crippen molar-refractivity contribution in [1.29, 1.82) is 0 Å². The van der Waals surface area contributed by atoms with Gasteiger partial charge in [-0.2, -0.15) is 0 Å². The zero-order chi connectivity index (χ0) is 16.6. The second kappa shape index (κ2) is 9.34. The first kappa shape index (κ1) is 17.6. The van der Waals surface area contributed by atoms with Crippen molar-refractivity contribution in [2.24, 2.45) is 10.7 Å². The summed E-state index contributed by atoms with van der Waals surface area (Å²) in [6, 6.07) is 0. The molecule has 0 aromatic carbocycles. The van der Waals surface area contributed by atoms with E-state index in [1.807, 2.05) is 11.3 Å². The maximum absolute atomic E-state index is 5.94. The Morgan fingerprint density at radius 1 is 1.29 bits per heavy atom. The Labute approximate surface area is 148 Å². The van der Waals surface area contributed by atoms with Crippen LogP contribution in [-0.2, 0) is 24.0 Å². The van der Waals surface area contributed by atoms with Gasteiger partial charge in [-0.05, 0) is 32.1 Å². The zero-order valence-corrected chi connectivity index (χ0v) is 15.2. The van der Waals surface area contributed by atoms with E-state index in [-0.39, 0.29) is 0 Å². The minimum absolute atomic E-state index is 0.554. The third-order valence-electron chi connectivity index (χ3n) is 4.55. The van der Waals surface area contributed by atoms with E-state index in [1.54, 1.807) is 0 Å². The normalized spacial score (nSPS) is 19.2. The van der Waals surface area contributed by atoms with Gasteiger partial charge in [0.15, 0.2) is 5.96 Å². The van der Waals surface area contributed by atoms with E-state index < -0.39 is 0 Å². The molecular weight excluding hydrogens is 322 g/mol. The maximum atomic E-state index is 5.94. The number of ether oxygens (including phenoxy) is 1. The van der Waals surface area contributed by atoms with E-state index in [9.17, 15) is 0 Å². The fraction of sp³-hybridized carbons (Fsp3) is 0.765. The van der Waals surface area contributed by atoms with Crippen LogP contribution >= 0.6 is 11.3 Å². The van der Waals surface area contributed by atoms with Gasteiger partial charge in [-0.1, -0.05) is 0 Å². The lowest BCUT2D eigenvalue weighted by atomic mass is 10.0. The molecule has 0 atom stereocenters. The first-order valence-corrected chi connectivity index (χ1v) is 9.94. The SMILES string of the molecule is NC(=NCCCN1CCOCC1)NCCc1nc2c(s1)CCCC2. The Morgan fingerprint density at radius 3 is 2.96 bits per heavy atom. The quantitative estimate of drug-likeness (QED) is 0.438. The van der Waals surface area contributed by atoms with Gasteiger partial charge in [0.25, 0.3) is 0 Å². The van der Waals surface area contributed by atoms with Crippen LogP contribution in [0.1, 0.15) is 34.8 Å². The van der Waals surface area contributed by atoms with Gasteiger partial charge in [0.05, 0.1) is 23.9 Å². The number of guanidine groups is 1. The molecule has 24 heavy (non-hydrogen) atoms. The van der Waals surface area contributed by atoms with Crippen LogP contribution in [0.2, 0.25) is 0 Å². The summed E-state index contributed by atoms with van der Waals surface area (Å²) in [5, 5.41) is 4.44. The number of hydrogen-bond acceptors (Lipinski definition) is 5. The molecule has 0 bridgehead atoms. The molecule has 0 spiro atoms. The van der Waals surface area contributed by atoms with Crippen LogP contribution in [0.4, 0.5) is 0 Å². The van der Waals surface area contributed by atoms with Crippen molar-refractivity contribution < 1.29 is 4.74 Å². The maximum Gasteiger partial charge on any atom is 0.188 e. The summed E-state index contributed by atoms with van der Waals surface area (Å²) >= 11 is 1.88. The molecule has 0 unspecified atom stereocenters. The van der Waals surface area contributed by atoms with Crippen molar-refractivity contribution in [2.45, 2.75) is 38.5 Å². The molecule has 0 amide bonds. The summed E-state index contributed by atoms with van der Waals surface area (Å²) in [6.45, 7) is 6.45. The second-order valence-electron chi connectivity index (χ2n) is 6.44. The lowest BCUT2D eigenvalue weighted by Crippen LogP contribution is -2.37. The number of nitrogens with zero attached hydrogens (tertiary/aromatic N) is 3. The van der Waals surface area contributed by atoms with Crippen molar-refractivity contribution in [3.63, 3.8) is 0 Å². The van der Waals surface area contributed by atoms with Gasteiger partial charge in [0.2, 0.25) is 0 Å². The number of thiazole rings is 1. The standard InChI is InChI=1S/C17H29N5OS/c18-17(19-7-3-9-22-10-12-23-13-11-22)20-8-6-16-21-14-4-1-2-5-15(14)24-16/h1-13H2,(H3,18,19,20). The molecule has 1 aromatic heterocycles. The minimum atomic E-state index is 0.554. The van der Waals surface area contributed by atoms with Crippen molar-refractivity contribution in [2.75, 3.05) is 45.9 Å². The summed E-state index contributed by atoms with van der Waals surface area (Å²) in [4.78, 5) is 13.1. The number of rotatable bonds is 7. The largest absolute Gasteiger partial charge is 0.379 e. The topological polar surface area (TPSA) is 75.8 Å². The highest BCUT2D eigenvalue weighted by atomic mass is 32.1. The number of aliphatic imine (C=N–C) groups is 1. The van der Waals surface area contributed by atoms with Crippen LogP contribution in [0.25, 0.3) is 0 Å². The smallest absolute Gasteiger partial charge is 0.188 e. The lowest BCUT2D eigenvalue weighted by molar-refractivity contribution is 0.0377. The predicted octanol–water partition coefficient (Wildman–Crippen LogP) is 1.19. The highest BCUT2D eigenvalue weighted by Crippen LogP contribution is 2.26. The van der Waals surface area contributed by atoms with Crippen molar-refractivity contribution >= 4 is 17.3 Å². The van der Waals surface area contributed by atoms with Gasteiger partial charge in [-0.3, -0.25) is 9.89 Å². The van der Waals surface area contributed by atoms with E-state index in [4.69, 9.17) is 15.5 Å². The number of aromatic nitrogens is 1. The molecule has 0 radical (unpaired) electrons. The molecule has 1 aliphatic carbocycles. The average Bonchev–Trinajstić information content (AvgIpc) is 3.02. The fourth-order valence-electron chi connectivity index (χ4n) is 3.18. The van der Waals surface area contributed by atoms with Crippen molar-refractivity contribution in [3.05, 3.63) is 15.6 Å². The molecular formula is C17H29N5OS. The first-order chi connectivity index (χ1) is 11.8. The highest BCUT2D eigenvalue weighted by molar-refractivity contribution is 7.11. The van der Waals surface area contributed by atoms with Gasteiger partial charge in [0.1, 0.15) is 0 Å². The first-order valence-electron chi connectivity index (χ1n) is 9.12. The van der Waals surface area contributed by atoms with E-state index in [0.29, 0.717) is 5.96 Å². The Kier molecular flexibility index (Phi) is 6.86. The Morgan fingerprint density at radius 2 is 2.12 bits per heavy atom. The summed E-state index contributed by atoms with van der Waals surface area (Å²) in [5.74, 6) is 0.554. The molecule has 3 rings (SSSR count). The molecule has 2 heterocycles. The van der Waals surface area contributed by atoms with Crippen molar-refractivity contribution in [1.82, 2.24) is 15.2 Å². The molecule has 1 saturated heterocycles. The summed E-state index contributed by atoms with van der Waals surface area (Å²) in [5.41, 5.74) is 7.28. The monoisotopic (exact) mass is 351 g/mol. The molecule has 0 saturated carbocycles. The molecule has 1 fully saturated rings. The Hall–Kier alpha value is -1.18. The Bertz CT molecular complexity index is 516. The van der Waals surface area contributed by atoms with Gasteiger partial charge in [0, 0.05) is 44.0 Å². The fourth-order valence-corrected chi connectivity index (χ4v) is 4.34. The number of nitrogens with two attached hydrogens (primary N) is 1. The molecule has 6 nitrogen and oxygen atoms in total. The molecule has 3 N–H and O–H groups in total. The number of hydrogen-bond donors (Lipinski definition) is 2. The third kappa shape index (κ3) is 5.43. The van der Waals surface area contributed by atoms with Crippen LogP contribution in [0.5, 0.6) is 0 Å². The zero-order valence-electron chi connectivity index (χ0n) is 14.4. The second-order valence-corrected chi connectivity index (χ2v) is 7.60. The predicted molar refractivity (Wildman–Crippen MR) is 98.8 cm³/mol. The molecule has 2 aliphatic rings. The van der Waals surface area contributed by atoms with Crippen LogP contribution in [-0.4, -0.2) is 61.8 Å². The molecule has 1 aliphatic heterocycles. The van der Waals surface area contributed by atoms with Crippen LogP contribution in [0.15, 0.2) is 4.99 Å². The van der Waals surface area contributed by atoms with Gasteiger partial charge in [-0.15, -0.1) is 11.3 Å². The van der Waals surface area contributed by atoms with Crippen LogP contribution in [0.3, 0.4) is 0 Å². The number of morpholine rings is 1. The van der Waals surface area contributed by atoms with Gasteiger partial charge < -0.3 is 15.8 Å². The van der Waals surface area contributed by atoms with Crippen molar-refractivity contribution in [3.8, 4) is 0 Å². The number of aryl methyl sites for hydroxylation is 2. The van der Waals surface area contributed by atoms with Crippen LogP contribution in [0, 0.1) is 0 Å². The van der Waals surface area contributed by atoms with E-state index in [0.717, 1.165) is 65.2 Å². The third-order valence-corrected chi connectivity index (χ3v) is 5.77. The lowest BCUT2D eigenvalue weighted by Gasteiger charge is -2.26. The van der Waals surface area contributed by atoms with E-state index in [1.165, 1.54) is 34.8 Å². The van der Waals surface area contributed by atoms with E-state index in [2.05, 4.69) is 15.2 Å². The highest BCUT2D eigenvalue weighted by Gasteiger charge is 2.14. The van der Waals surface area contributed by atoms with Crippen LogP contribution < -0.4 is 11.1 Å². The Balaban J connectivity index is 1.30. The molecule has 7 heteroatoms. The van der Waals surface area contributed by atoms with Gasteiger partial charge >= 0.3 is 0 Å².